The largest absolute Gasteiger partial charge is 0.394 e. The van der Waals surface area contributed by atoms with E-state index in [1.165, 1.54) is 0 Å². The van der Waals surface area contributed by atoms with Crippen molar-refractivity contribution < 1.29 is 40.1 Å². The van der Waals surface area contributed by atoms with Gasteiger partial charge in [-0.15, -0.1) is 0 Å². The van der Waals surface area contributed by atoms with Crippen molar-refractivity contribution in [2.75, 3.05) is 13.2 Å². The average Bonchev–Trinajstić information content (AvgIpc) is 2.66. The van der Waals surface area contributed by atoms with Crippen molar-refractivity contribution in [2.45, 2.75) is 59.6 Å². The molecule has 10 atom stereocenters. The van der Waals surface area contributed by atoms with E-state index in [4.69, 9.17) is 20.5 Å². The van der Waals surface area contributed by atoms with E-state index < -0.39 is 72.8 Å². The molecule has 5 unspecified atom stereocenters. The van der Waals surface area contributed by atoms with Gasteiger partial charge in [-0.2, -0.15) is 0 Å². The summed E-state index contributed by atoms with van der Waals surface area (Å²) < 4.78 is 10.8. The molecule has 14 nitrogen and oxygen atoms in total. The second kappa shape index (κ2) is 9.73. The molecule has 15 heteroatoms. The molecule has 0 bridgehead atoms. The van der Waals surface area contributed by atoms with Crippen LogP contribution in [-0.4, -0.2) is 103 Å². The Kier molecular flexibility index (Phi) is 7.91. The Morgan fingerprint density at radius 3 is 1.41 bits per heavy atom. The van der Waals surface area contributed by atoms with Gasteiger partial charge in [0.25, 0.3) is 0 Å². The number of ether oxygens (including phenoxy) is 2. The van der Waals surface area contributed by atoms with Crippen molar-refractivity contribution in [3.8, 4) is 0 Å². The summed E-state index contributed by atoms with van der Waals surface area (Å²) in [6.45, 7) is -1.26. The van der Waals surface area contributed by atoms with Crippen molar-refractivity contribution in [2.24, 2.45) is 10.2 Å². The van der Waals surface area contributed by atoms with Gasteiger partial charge in [0.05, 0.1) is 37.5 Å². The van der Waals surface area contributed by atoms with Crippen LogP contribution in [0, 0.1) is 0 Å². The predicted octanol–water partition coefficient (Wildman–Crippen LogP) is -2.04. The molecule has 0 aromatic rings. The highest BCUT2D eigenvalue weighted by molar-refractivity contribution is 8.00. The first-order valence-corrected chi connectivity index (χ1v) is 8.82. The minimum Gasteiger partial charge on any atom is -0.394 e. The molecule has 0 saturated carbocycles. The van der Waals surface area contributed by atoms with Crippen LogP contribution in [0.15, 0.2) is 10.2 Å². The van der Waals surface area contributed by atoms with E-state index in [1.807, 2.05) is 0 Å². The lowest BCUT2D eigenvalue weighted by Crippen LogP contribution is -2.60. The minimum atomic E-state index is -1.52. The van der Waals surface area contributed by atoms with Gasteiger partial charge in [-0.25, -0.2) is 0 Å². The van der Waals surface area contributed by atoms with Gasteiger partial charge in [-0.1, -0.05) is 22.0 Å². The predicted molar refractivity (Wildman–Crippen MR) is 89.0 cm³/mol. The number of hydrogen-bond acceptors (Lipinski definition) is 11. The SMILES string of the molecule is [N-]=[N+]=N[C@@H]1C(O)C(CO)O[C@@H](SC2OC(CO)[C@H](O)[C@@H](N=[N+]=[N-])C2O)[C@H]1O. The lowest BCUT2D eigenvalue weighted by atomic mass is 9.98. The number of rotatable bonds is 6. The summed E-state index contributed by atoms with van der Waals surface area (Å²) in [4.78, 5) is 5.11. The topological polar surface area (TPSA) is 237 Å². The fourth-order valence-electron chi connectivity index (χ4n) is 2.88. The quantitative estimate of drug-likeness (QED) is 0.161. The van der Waals surface area contributed by atoms with Crippen LogP contribution >= 0.6 is 11.8 Å². The molecular formula is C12H20N6O8S. The monoisotopic (exact) mass is 408 g/mol. The molecule has 6 N–H and O–H groups in total. The van der Waals surface area contributed by atoms with Gasteiger partial charge in [-0.05, 0) is 11.1 Å². The first kappa shape index (κ1) is 21.9. The van der Waals surface area contributed by atoms with Crippen LogP contribution in [0.4, 0.5) is 0 Å². The smallest absolute Gasteiger partial charge is 0.132 e. The van der Waals surface area contributed by atoms with E-state index >= 15 is 0 Å². The van der Waals surface area contributed by atoms with Crippen molar-refractivity contribution >= 4 is 11.8 Å². The Morgan fingerprint density at radius 1 is 0.741 bits per heavy atom. The number of aliphatic hydroxyl groups excluding tert-OH is 6. The van der Waals surface area contributed by atoms with E-state index in [-0.39, 0.29) is 0 Å². The maximum absolute atomic E-state index is 10.3. The Labute approximate surface area is 156 Å². The maximum atomic E-state index is 10.3. The molecule has 2 rings (SSSR count). The van der Waals surface area contributed by atoms with Gasteiger partial charge in [0, 0.05) is 9.82 Å². The average molecular weight is 408 g/mol. The number of azide groups is 2. The van der Waals surface area contributed by atoms with Gasteiger partial charge in [-0.3, -0.25) is 0 Å². The molecule has 0 aromatic heterocycles. The number of thioether (sulfide) groups is 1. The third-order valence-corrected chi connectivity index (χ3v) is 5.65. The summed E-state index contributed by atoms with van der Waals surface area (Å²) in [6.07, 6.45) is -8.30. The third kappa shape index (κ3) is 4.56. The molecule has 2 fully saturated rings. The highest BCUT2D eigenvalue weighted by atomic mass is 32.2. The van der Waals surface area contributed by atoms with Gasteiger partial charge in [0.15, 0.2) is 0 Å². The molecule has 2 heterocycles. The normalized spacial score (nSPS) is 44.8. The van der Waals surface area contributed by atoms with E-state index in [9.17, 15) is 30.6 Å². The zero-order valence-electron chi connectivity index (χ0n) is 13.8. The van der Waals surface area contributed by atoms with Crippen LogP contribution < -0.4 is 0 Å². The fraction of sp³-hybridized carbons (Fsp3) is 1.00. The minimum absolute atomic E-state index is 0.629. The van der Waals surface area contributed by atoms with E-state index in [0.717, 1.165) is 0 Å². The van der Waals surface area contributed by atoms with Gasteiger partial charge in [0.1, 0.15) is 35.3 Å². The molecule has 0 aromatic carbocycles. The maximum Gasteiger partial charge on any atom is 0.132 e. The molecule has 0 radical (unpaired) electrons. The summed E-state index contributed by atoms with van der Waals surface area (Å²) >= 11 is 0.704. The van der Waals surface area contributed by atoms with E-state index in [2.05, 4.69) is 20.1 Å². The van der Waals surface area contributed by atoms with Crippen LogP contribution in [0.5, 0.6) is 0 Å². The lowest BCUT2D eigenvalue weighted by molar-refractivity contribution is -0.170. The molecule has 0 aliphatic carbocycles. The molecule has 0 amide bonds. The first-order valence-electron chi connectivity index (χ1n) is 7.88. The molecule has 152 valence electrons. The molecular weight excluding hydrogens is 388 g/mol. The molecule has 27 heavy (non-hydrogen) atoms. The Hall–Kier alpha value is -1.35. The zero-order chi connectivity index (χ0) is 20.1. The number of nitrogens with zero attached hydrogens (tertiary/aromatic N) is 6. The summed E-state index contributed by atoms with van der Waals surface area (Å²) in [5.74, 6) is 0. The summed E-state index contributed by atoms with van der Waals surface area (Å²) in [5, 5.41) is 66.0. The molecule has 2 saturated heterocycles. The van der Waals surface area contributed by atoms with Crippen LogP contribution in [-0.2, 0) is 9.47 Å². The molecule has 2 aliphatic heterocycles. The molecule has 0 spiro atoms. The summed E-state index contributed by atoms with van der Waals surface area (Å²) in [7, 11) is 0. The van der Waals surface area contributed by atoms with Crippen LogP contribution in [0.25, 0.3) is 20.9 Å². The van der Waals surface area contributed by atoms with Gasteiger partial charge >= 0.3 is 0 Å². The van der Waals surface area contributed by atoms with Crippen molar-refractivity contribution in [1.82, 2.24) is 0 Å². The second-order valence-electron chi connectivity index (χ2n) is 5.94. The third-order valence-electron chi connectivity index (χ3n) is 4.34. The number of hydrogen-bond donors (Lipinski definition) is 6. The van der Waals surface area contributed by atoms with Crippen LogP contribution in [0.3, 0.4) is 0 Å². The highest BCUT2D eigenvalue weighted by Crippen LogP contribution is 2.37. The van der Waals surface area contributed by atoms with Crippen molar-refractivity contribution in [3.05, 3.63) is 20.9 Å². The second-order valence-corrected chi connectivity index (χ2v) is 7.14. The van der Waals surface area contributed by atoms with Crippen LogP contribution in [0.2, 0.25) is 0 Å². The van der Waals surface area contributed by atoms with Crippen molar-refractivity contribution in [3.63, 3.8) is 0 Å². The highest BCUT2D eigenvalue weighted by Gasteiger charge is 2.49. The van der Waals surface area contributed by atoms with Gasteiger partial charge < -0.3 is 40.1 Å². The summed E-state index contributed by atoms with van der Waals surface area (Å²) in [6, 6.07) is -2.66. The van der Waals surface area contributed by atoms with Gasteiger partial charge in [0.2, 0.25) is 0 Å². The van der Waals surface area contributed by atoms with E-state index in [1.54, 1.807) is 0 Å². The fourth-order valence-corrected chi connectivity index (χ4v) is 4.21. The Balaban J connectivity index is 2.21. The van der Waals surface area contributed by atoms with Crippen LogP contribution in [0.1, 0.15) is 0 Å². The summed E-state index contributed by atoms with van der Waals surface area (Å²) in [5.41, 5.74) is 14.8. The molecule has 2 aliphatic rings. The zero-order valence-corrected chi connectivity index (χ0v) is 14.6. The Morgan fingerprint density at radius 2 is 1.11 bits per heavy atom. The number of aliphatic hydroxyl groups is 6. The van der Waals surface area contributed by atoms with E-state index in [0.29, 0.717) is 11.8 Å². The first-order chi connectivity index (χ1) is 12.9. The lowest BCUT2D eigenvalue weighted by Gasteiger charge is -2.44. The standard InChI is InChI=1S/C12H20N6O8S/c13-17-15-5-7(21)3(1-19)25-11(9(5)23)27-12-10(24)6(16-18-14)8(22)4(2-20)26-12/h3-12,19-24H,1-2H2/t3?,4?,5-,6-,7+,8?,9?,10+,11?,12+/m1/s1. The Bertz CT molecular complexity index is 554. The van der Waals surface area contributed by atoms with Crippen molar-refractivity contribution in [1.29, 1.82) is 0 Å².